The number of rotatable bonds is 5. The van der Waals surface area contributed by atoms with E-state index >= 15 is 0 Å². The minimum atomic E-state index is -0.348. The number of ether oxygens (including phenoxy) is 2. The van der Waals surface area contributed by atoms with Crippen LogP contribution in [-0.4, -0.2) is 31.0 Å². The molecule has 0 bridgehead atoms. The standard InChI is InChI=1S/C7H13N3O3/c1-11-3-5(8)7-9-6(4-12-2)13-10-7/h5H,3-4,8H2,1-2H3. The Morgan fingerprint density at radius 2 is 2.23 bits per heavy atom. The van der Waals surface area contributed by atoms with Gasteiger partial charge in [-0.3, -0.25) is 0 Å². The maximum absolute atomic E-state index is 5.66. The van der Waals surface area contributed by atoms with Crippen LogP contribution in [0, 0.1) is 0 Å². The molecule has 0 radical (unpaired) electrons. The third-order valence-electron chi connectivity index (χ3n) is 1.43. The summed E-state index contributed by atoms with van der Waals surface area (Å²) in [5.41, 5.74) is 5.66. The molecule has 6 heteroatoms. The van der Waals surface area contributed by atoms with E-state index in [9.17, 15) is 0 Å². The van der Waals surface area contributed by atoms with Crippen molar-refractivity contribution in [1.82, 2.24) is 10.1 Å². The van der Waals surface area contributed by atoms with Gasteiger partial charge in [-0.25, -0.2) is 0 Å². The molecule has 1 rings (SSSR count). The fraction of sp³-hybridized carbons (Fsp3) is 0.714. The largest absolute Gasteiger partial charge is 0.383 e. The number of nitrogens with two attached hydrogens (primary N) is 1. The molecule has 0 saturated carbocycles. The molecule has 6 nitrogen and oxygen atoms in total. The van der Waals surface area contributed by atoms with Gasteiger partial charge in [-0.05, 0) is 0 Å². The molecule has 0 aromatic carbocycles. The molecule has 0 amide bonds. The van der Waals surface area contributed by atoms with Gasteiger partial charge in [0.25, 0.3) is 5.89 Å². The lowest BCUT2D eigenvalue weighted by Crippen LogP contribution is -2.17. The van der Waals surface area contributed by atoms with Gasteiger partial charge in [0.2, 0.25) is 0 Å². The third-order valence-corrected chi connectivity index (χ3v) is 1.43. The summed E-state index contributed by atoms with van der Waals surface area (Å²) in [5.74, 6) is 0.859. The molecule has 1 heterocycles. The molecule has 1 atom stereocenters. The SMILES string of the molecule is COCc1nc(C(N)COC)no1. The molecule has 0 saturated heterocycles. The average molecular weight is 187 g/mol. The molecule has 0 aliphatic heterocycles. The Morgan fingerprint density at radius 3 is 2.85 bits per heavy atom. The van der Waals surface area contributed by atoms with E-state index in [4.69, 9.17) is 19.7 Å². The van der Waals surface area contributed by atoms with E-state index in [0.29, 0.717) is 24.9 Å². The van der Waals surface area contributed by atoms with Gasteiger partial charge in [-0.2, -0.15) is 4.98 Å². The number of nitrogens with zero attached hydrogens (tertiary/aromatic N) is 2. The Bertz CT molecular complexity index is 251. The summed E-state index contributed by atoms with van der Waals surface area (Å²) >= 11 is 0. The molecule has 1 aromatic heterocycles. The Morgan fingerprint density at radius 1 is 1.46 bits per heavy atom. The lowest BCUT2D eigenvalue weighted by molar-refractivity contribution is 0.151. The molecule has 13 heavy (non-hydrogen) atoms. The summed E-state index contributed by atoms with van der Waals surface area (Å²) in [5, 5.41) is 3.68. The zero-order valence-corrected chi connectivity index (χ0v) is 7.69. The smallest absolute Gasteiger partial charge is 0.252 e. The van der Waals surface area contributed by atoms with Crippen LogP contribution in [0.25, 0.3) is 0 Å². The Balaban J connectivity index is 2.56. The summed E-state index contributed by atoms with van der Waals surface area (Å²) in [6, 6.07) is -0.348. The number of hydrogen-bond acceptors (Lipinski definition) is 6. The second-order valence-corrected chi connectivity index (χ2v) is 2.54. The number of aromatic nitrogens is 2. The van der Waals surface area contributed by atoms with Crippen LogP contribution in [0.4, 0.5) is 0 Å². The fourth-order valence-electron chi connectivity index (χ4n) is 0.855. The Labute approximate surface area is 76.0 Å². The molecule has 1 aromatic rings. The Hall–Kier alpha value is -0.980. The molecule has 0 aliphatic rings. The van der Waals surface area contributed by atoms with E-state index in [-0.39, 0.29) is 6.04 Å². The van der Waals surface area contributed by atoms with Crippen LogP contribution in [-0.2, 0) is 16.1 Å². The Kier molecular flexibility index (Phi) is 3.81. The molecule has 74 valence electrons. The maximum Gasteiger partial charge on any atom is 0.252 e. The predicted octanol–water partition coefficient (Wildman–Crippen LogP) is -0.138. The van der Waals surface area contributed by atoms with Crippen molar-refractivity contribution in [2.45, 2.75) is 12.6 Å². The zero-order valence-electron chi connectivity index (χ0n) is 7.69. The number of hydrogen-bond donors (Lipinski definition) is 1. The highest BCUT2D eigenvalue weighted by molar-refractivity contribution is 4.91. The van der Waals surface area contributed by atoms with Crippen LogP contribution < -0.4 is 5.73 Å². The monoisotopic (exact) mass is 187 g/mol. The second kappa shape index (κ2) is 4.90. The van der Waals surface area contributed by atoms with Crippen molar-refractivity contribution in [1.29, 1.82) is 0 Å². The third kappa shape index (κ3) is 2.76. The van der Waals surface area contributed by atoms with Gasteiger partial charge in [0.15, 0.2) is 5.82 Å². The van der Waals surface area contributed by atoms with Crippen LogP contribution in [0.3, 0.4) is 0 Å². The van der Waals surface area contributed by atoms with E-state index in [0.717, 1.165) is 0 Å². The number of methoxy groups -OCH3 is 2. The molecule has 0 fully saturated rings. The molecular weight excluding hydrogens is 174 g/mol. The predicted molar refractivity (Wildman–Crippen MR) is 43.8 cm³/mol. The summed E-state index contributed by atoms with van der Waals surface area (Å²) in [6.45, 7) is 0.665. The van der Waals surface area contributed by atoms with Crippen molar-refractivity contribution in [3.8, 4) is 0 Å². The van der Waals surface area contributed by atoms with Gasteiger partial charge < -0.3 is 19.7 Å². The molecule has 0 aliphatic carbocycles. The summed E-state index contributed by atoms with van der Waals surface area (Å²) in [7, 11) is 3.12. The molecule has 0 spiro atoms. The van der Waals surface area contributed by atoms with E-state index < -0.39 is 0 Å². The summed E-state index contributed by atoms with van der Waals surface area (Å²) in [4.78, 5) is 4.01. The molecule has 1 unspecified atom stereocenters. The van der Waals surface area contributed by atoms with Crippen molar-refractivity contribution in [2.75, 3.05) is 20.8 Å². The van der Waals surface area contributed by atoms with Crippen LogP contribution in [0.1, 0.15) is 17.8 Å². The van der Waals surface area contributed by atoms with Crippen LogP contribution in [0.2, 0.25) is 0 Å². The highest BCUT2D eigenvalue weighted by Crippen LogP contribution is 2.06. The van der Waals surface area contributed by atoms with Gasteiger partial charge in [0.05, 0.1) is 12.6 Å². The first-order valence-electron chi connectivity index (χ1n) is 3.84. The van der Waals surface area contributed by atoms with Gasteiger partial charge in [-0.15, -0.1) is 0 Å². The van der Waals surface area contributed by atoms with Crippen LogP contribution in [0.5, 0.6) is 0 Å². The van der Waals surface area contributed by atoms with E-state index in [1.165, 1.54) is 0 Å². The van der Waals surface area contributed by atoms with E-state index in [2.05, 4.69) is 10.1 Å². The normalized spacial score (nSPS) is 13.2. The van der Waals surface area contributed by atoms with Crippen LogP contribution >= 0.6 is 0 Å². The van der Waals surface area contributed by atoms with Gasteiger partial charge >= 0.3 is 0 Å². The van der Waals surface area contributed by atoms with Gasteiger partial charge in [0.1, 0.15) is 6.61 Å². The van der Waals surface area contributed by atoms with Crippen molar-refractivity contribution >= 4 is 0 Å². The lowest BCUT2D eigenvalue weighted by atomic mass is 10.3. The van der Waals surface area contributed by atoms with Gasteiger partial charge in [0, 0.05) is 14.2 Å². The average Bonchev–Trinajstić information content (AvgIpc) is 2.54. The fourth-order valence-corrected chi connectivity index (χ4v) is 0.855. The topological polar surface area (TPSA) is 83.4 Å². The quantitative estimate of drug-likeness (QED) is 0.690. The van der Waals surface area contributed by atoms with E-state index in [1.807, 2.05) is 0 Å². The molecular formula is C7H13N3O3. The first kappa shape index (κ1) is 10.1. The minimum Gasteiger partial charge on any atom is -0.383 e. The first-order valence-corrected chi connectivity index (χ1v) is 3.84. The van der Waals surface area contributed by atoms with Crippen molar-refractivity contribution in [3.63, 3.8) is 0 Å². The van der Waals surface area contributed by atoms with Crippen LogP contribution in [0.15, 0.2) is 4.52 Å². The van der Waals surface area contributed by atoms with Crippen molar-refractivity contribution in [2.24, 2.45) is 5.73 Å². The maximum atomic E-state index is 5.66. The zero-order chi connectivity index (χ0) is 9.68. The highest BCUT2D eigenvalue weighted by atomic mass is 16.5. The van der Waals surface area contributed by atoms with Crippen molar-refractivity contribution in [3.05, 3.63) is 11.7 Å². The molecule has 2 N–H and O–H groups in total. The van der Waals surface area contributed by atoms with Crippen molar-refractivity contribution < 1.29 is 14.0 Å². The first-order chi connectivity index (χ1) is 6.27. The summed E-state index contributed by atoms with van der Waals surface area (Å²) in [6.07, 6.45) is 0. The highest BCUT2D eigenvalue weighted by Gasteiger charge is 2.13. The van der Waals surface area contributed by atoms with Gasteiger partial charge in [-0.1, -0.05) is 5.16 Å². The summed E-state index contributed by atoms with van der Waals surface area (Å²) < 4.78 is 14.5. The second-order valence-electron chi connectivity index (χ2n) is 2.54. The minimum absolute atomic E-state index is 0.298. The lowest BCUT2D eigenvalue weighted by Gasteiger charge is -2.02. The van der Waals surface area contributed by atoms with E-state index in [1.54, 1.807) is 14.2 Å².